The van der Waals surface area contributed by atoms with Gasteiger partial charge in [0.1, 0.15) is 12.4 Å². The number of hydrogen-bond acceptors (Lipinski definition) is 3. The molecule has 0 bridgehead atoms. The Labute approximate surface area is 132 Å². The molecule has 1 aliphatic rings. The van der Waals surface area contributed by atoms with Crippen molar-refractivity contribution in [3.05, 3.63) is 65.7 Å². The Hall–Kier alpha value is -1.84. The summed E-state index contributed by atoms with van der Waals surface area (Å²) < 4.78 is 5.82. The summed E-state index contributed by atoms with van der Waals surface area (Å²) in [6.45, 7) is 4.72. The summed E-state index contributed by atoms with van der Waals surface area (Å²) in [5, 5.41) is 0. The minimum Gasteiger partial charge on any atom is -0.489 e. The van der Waals surface area contributed by atoms with Gasteiger partial charge in [0, 0.05) is 13.1 Å². The van der Waals surface area contributed by atoms with Gasteiger partial charge in [0.25, 0.3) is 0 Å². The zero-order chi connectivity index (χ0) is 15.2. The van der Waals surface area contributed by atoms with Gasteiger partial charge >= 0.3 is 0 Å². The van der Waals surface area contributed by atoms with E-state index in [9.17, 15) is 0 Å². The highest BCUT2D eigenvalue weighted by Gasteiger charge is 2.20. The van der Waals surface area contributed by atoms with Crippen molar-refractivity contribution in [2.24, 2.45) is 11.7 Å². The van der Waals surface area contributed by atoms with E-state index in [1.165, 1.54) is 17.5 Å². The van der Waals surface area contributed by atoms with E-state index in [-0.39, 0.29) is 0 Å². The Morgan fingerprint density at radius 3 is 2.45 bits per heavy atom. The van der Waals surface area contributed by atoms with Crippen LogP contribution in [-0.2, 0) is 13.2 Å². The van der Waals surface area contributed by atoms with Crippen LogP contribution in [0.25, 0.3) is 0 Å². The fraction of sp³-hybridized carbons (Fsp3) is 0.368. The van der Waals surface area contributed by atoms with Crippen molar-refractivity contribution >= 4 is 0 Å². The van der Waals surface area contributed by atoms with Gasteiger partial charge in [-0.15, -0.1) is 0 Å². The quantitative estimate of drug-likeness (QED) is 0.890. The molecule has 1 aliphatic heterocycles. The fourth-order valence-electron chi connectivity index (χ4n) is 2.94. The van der Waals surface area contributed by atoms with E-state index in [0.717, 1.165) is 31.9 Å². The third-order valence-electron chi connectivity index (χ3n) is 4.28. The monoisotopic (exact) mass is 296 g/mol. The van der Waals surface area contributed by atoms with Crippen LogP contribution in [0.15, 0.2) is 54.6 Å². The van der Waals surface area contributed by atoms with Crippen molar-refractivity contribution in [1.82, 2.24) is 4.90 Å². The molecular formula is C19H24N2O. The van der Waals surface area contributed by atoms with Crippen molar-refractivity contribution in [2.45, 2.75) is 19.6 Å². The molecule has 1 atom stereocenters. The molecule has 1 heterocycles. The highest BCUT2D eigenvalue weighted by atomic mass is 16.5. The average Bonchev–Trinajstić information content (AvgIpc) is 3.03. The molecular weight excluding hydrogens is 272 g/mol. The van der Waals surface area contributed by atoms with Crippen molar-refractivity contribution in [1.29, 1.82) is 0 Å². The summed E-state index contributed by atoms with van der Waals surface area (Å²) in [5.74, 6) is 1.60. The van der Waals surface area contributed by atoms with Crippen LogP contribution in [-0.4, -0.2) is 24.5 Å². The molecule has 2 aromatic carbocycles. The predicted molar refractivity (Wildman–Crippen MR) is 89.7 cm³/mol. The molecule has 2 aromatic rings. The Kier molecular flexibility index (Phi) is 5.09. The van der Waals surface area contributed by atoms with Crippen LogP contribution in [0.5, 0.6) is 5.75 Å². The molecule has 1 fully saturated rings. The molecule has 0 saturated carbocycles. The highest BCUT2D eigenvalue weighted by molar-refractivity contribution is 5.28. The van der Waals surface area contributed by atoms with Crippen LogP contribution in [0.1, 0.15) is 17.5 Å². The van der Waals surface area contributed by atoms with Crippen LogP contribution in [0, 0.1) is 5.92 Å². The van der Waals surface area contributed by atoms with Gasteiger partial charge in [-0.2, -0.15) is 0 Å². The summed E-state index contributed by atoms with van der Waals surface area (Å²) in [4.78, 5) is 2.48. The first-order valence-electron chi connectivity index (χ1n) is 8.01. The van der Waals surface area contributed by atoms with Gasteiger partial charge in [-0.3, -0.25) is 4.90 Å². The minimum atomic E-state index is 0.616. The largest absolute Gasteiger partial charge is 0.489 e. The molecule has 0 radical (unpaired) electrons. The van der Waals surface area contributed by atoms with Gasteiger partial charge in [-0.25, -0.2) is 0 Å². The van der Waals surface area contributed by atoms with Crippen LogP contribution < -0.4 is 10.5 Å². The van der Waals surface area contributed by atoms with Crippen molar-refractivity contribution in [3.63, 3.8) is 0 Å². The number of ether oxygens (including phenoxy) is 1. The van der Waals surface area contributed by atoms with E-state index >= 15 is 0 Å². The zero-order valence-corrected chi connectivity index (χ0v) is 12.9. The smallest absolute Gasteiger partial charge is 0.119 e. The van der Waals surface area contributed by atoms with Crippen LogP contribution >= 0.6 is 0 Å². The Morgan fingerprint density at radius 2 is 1.77 bits per heavy atom. The van der Waals surface area contributed by atoms with Gasteiger partial charge in [-0.1, -0.05) is 42.5 Å². The molecule has 3 nitrogen and oxygen atoms in total. The number of likely N-dealkylation sites (tertiary alicyclic amines) is 1. The molecule has 3 heteroatoms. The summed E-state index contributed by atoms with van der Waals surface area (Å²) in [6, 6.07) is 18.7. The second-order valence-corrected chi connectivity index (χ2v) is 6.04. The Bertz CT molecular complexity index is 568. The predicted octanol–water partition coefficient (Wildman–Crippen LogP) is 3.05. The third-order valence-corrected chi connectivity index (χ3v) is 4.28. The molecule has 0 aliphatic carbocycles. The van der Waals surface area contributed by atoms with Crippen molar-refractivity contribution in [3.8, 4) is 5.75 Å². The Morgan fingerprint density at radius 1 is 1.00 bits per heavy atom. The lowest BCUT2D eigenvalue weighted by molar-refractivity contribution is 0.304. The van der Waals surface area contributed by atoms with Gasteiger partial charge in [0.05, 0.1) is 0 Å². The maximum atomic E-state index is 5.82. The summed E-state index contributed by atoms with van der Waals surface area (Å²) in [7, 11) is 0. The molecule has 3 rings (SSSR count). The number of rotatable bonds is 6. The Balaban J connectivity index is 1.50. The molecule has 116 valence electrons. The minimum absolute atomic E-state index is 0.616. The van der Waals surface area contributed by atoms with E-state index in [2.05, 4.69) is 41.3 Å². The number of nitrogens with zero attached hydrogens (tertiary/aromatic N) is 1. The molecule has 0 aromatic heterocycles. The van der Waals surface area contributed by atoms with Crippen LogP contribution in [0.4, 0.5) is 0 Å². The summed E-state index contributed by atoms with van der Waals surface area (Å²) >= 11 is 0. The molecule has 0 amide bonds. The lowest BCUT2D eigenvalue weighted by atomic mass is 10.1. The van der Waals surface area contributed by atoms with E-state index in [1.807, 2.05) is 18.2 Å². The van der Waals surface area contributed by atoms with E-state index in [4.69, 9.17) is 10.5 Å². The topological polar surface area (TPSA) is 38.5 Å². The first-order valence-corrected chi connectivity index (χ1v) is 8.01. The van der Waals surface area contributed by atoms with Gasteiger partial charge in [0.2, 0.25) is 0 Å². The van der Waals surface area contributed by atoms with Gasteiger partial charge in [-0.05, 0) is 48.7 Å². The molecule has 1 unspecified atom stereocenters. The lowest BCUT2D eigenvalue weighted by Gasteiger charge is -2.16. The summed E-state index contributed by atoms with van der Waals surface area (Å²) in [5.41, 5.74) is 8.28. The first-order chi connectivity index (χ1) is 10.8. The number of nitrogens with two attached hydrogens (primary N) is 1. The molecule has 0 spiro atoms. The maximum Gasteiger partial charge on any atom is 0.119 e. The molecule has 1 saturated heterocycles. The van der Waals surface area contributed by atoms with Crippen molar-refractivity contribution < 1.29 is 4.74 Å². The highest BCUT2D eigenvalue weighted by Crippen LogP contribution is 2.19. The van der Waals surface area contributed by atoms with Gasteiger partial charge in [0.15, 0.2) is 0 Å². The first kappa shape index (κ1) is 15.1. The van der Waals surface area contributed by atoms with E-state index < -0.39 is 0 Å². The maximum absolute atomic E-state index is 5.82. The van der Waals surface area contributed by atoms with Gasteiger partial charge < -0.3 is 10.5 Å². The SMILES string of the molecule is NCC1CCN(Cc2ccc(OCc3ccccc3)cc2)C1. The third kappa shape index (κ3) is 4.09. The average molecular weight is 296 g/mol. The zero-order valence-electron chi connectivity index (χ0n) is 12.9. The number of benzene rings is 2. The second kappa shape index (κ2) is 7.43. The van der Waals surface area contributed by atoms with Crippen molar-refractivity contribution in [2.75, 3.05) is 19.6 Å². The fourth-order valence-corrected chi connectivity index (χ4v) is 2.94. The van der Waals surface area contributed by atoms with Crippen LogP contribution in [0.3, 0.4) is 0 Å². The normalized spacial score (nSPS) is 18.5. The van der Waals surface area contributed by atoms with E-state index in [0.29, 0.717) is 12.5 Å². The molecule has 2 N–H and O–H groups in total. The number of hydrogen-bond donors (Lipinski definition) is 1. The lowest BCUT2D eigenvalue weighted by Crippen LogP contribution is -2.22. The standard InChI is InChI=1S/C19H24N2O/c20-12-18-10-11-21(14-18)13-16-6-8-19(9-7-16)22-15-17-4-2-1-3-5-17/h1-9,18H,10-15,20H2. The van der Waals surface area contributed by atoms with E-state index in [1.54, 1.807) is 0 Å². The summed E-state index contributed by atoms with van der Waals surface area (Å²) in [6.07, 6.45) is 1.23. The van der Waals surface area contributed by atoms with Crippen LogP contribution in [0.2, 0.25) is 0 Å². The second-order valence-electron chi connectivity index (χ2n) is 6.04. The molecule has 22 heavy (non-hydrogen) atoms.